The van der Waals surface area contributed by atoms with Gasteiger partial charge in [-0.15, -0.1) is 0 Å². The zero-order valence-electron chi connectivity index (χ0n) is 19.2. The van der Waals surface area contributed by atoms with Crippen LogP contribution in [0.3, 0.4) is 0 Å². The Bertz CT molecular complexity index is 1470. The predicted octanol–water partition coefficient (Wildman–Crippen LogP) is 5.53. The number of hydrogen-bond acceptors (Lipinski definition) is 4. The number of halogens is 2. The number of sulfone groups is 1. The summed E-state index contributed by atoms with van der Waals surface area (Å²) < 4.78 is 58.3. The van der Waals surface area contributed by atoms with Crippen molar-refractivity contribution in [3.8, 4) is 16.9 Å². The Morgan fingerprint density at radius 3 is 2.23 bits per heavy atom. The van der Waals surface area contributed by atoms with Crippen LogP contribution in [0.1, 0.15) is 21.6 Å². The van der Waals surface area contributed by atoms with E-state index in [2.05, 4.69) is 0 Å². The third kappa shape index (κ3) is 5.33. The highest BCUT2D eigenvalue weighted by Gasteiger charge is 2.18. The van der Waals surface area contributed by atoms with Crippen molar-refractivity contribution in [2.24, 2.45) is 0 Å². The first-order chi connectivity index (χ1) is 16.6. The van der Waals surface area contributed by atoms with Crippen molar-refractivity contribution in [3.63, 3.8) is 0 Å². The Morgan fingerprint density at radius 2 is 1.60 bits per heavy atom. The topological polar surface area (TPSA) is 65.4 Å². The van der Waals surface area contributed by atoms with Crippen molar-refractivity contribution in [1.29, 1.82) is 0 Å². The van der Waals surface area contributed by atoms with Crippen molar-refractivity contribution in [1.82, 2.24) is 4.57 Å². The molecule has 0 fully saturated rings. The van der Waals surface area contributed by atoms with Crippen molar-refractivity contribution >= 4 is 15.8 Å². The van der Waals surface area contributed by atoms with Gasteiger partial charge in [-0.2, -0.15) is 0 Å². The predicted molar refractivity (Wildman–Crippen MR) is 129 cm³/mol. The van der Waals surface area contributed by atoms with Gasteiger partial charge < -0.3 is 9.30 Å². The molecule has 0 saturated heterocycles. The van der Waals surface area contributed by atoms with E-state index in [9.17, 15) is 22.0 Å². The fourth-order valence-electron chi connectivity index (χ4n) is 3.88. The van der Waals surface area contributed by atoms with Crippen LogP contribution in [0.5, 0.6) is 0 Å². The van der Waals surface area contributed by atoms with E-state index in [4.69, 9.17) is 4.74 Å². The van der Waals surface area contributed by atoms with E-state index in [1.165, 1.54) is 42.5 Å². The molecule has 8 heteroatoms. The lowest BCUT2D eigenvalue weighted by Crippen LogP contribution is -2.10. The van der Waals surface area contributed by atoms with E-state index in [1.54, 1.807) is 30.3 Å². The summed E-state index contributed by atoms with van der Waals surface area (Å²) in [6, 6.07) is 20.1. The minimum Gasteiger partial charge on any atom is -0.462 e. The Labute approximate surface area is 202 Å². The van der Waals surface area contributed by atoms with E-state index < -0.39 is 21.6 Å². The van der Waals surface area contributed by atoms with Gasteiger partial charge in [0.05, 0.1) is 22.8 Å². The zero-order chi connectivity index (χ0) is 25.2. The van der Waals surface area contributed by atoms with Crippen LogP contribution in [0.25, 0.3) is 16.9 Å². The molecule has 5 nitrogen and oxygen atoms in total. The van der Waals surface area contributed by atoms with Crippen LogP contribution in [-0.4, -0.2) is 31.8 Å². The summed E-state index contributed by atoms with van der Waals surface area (Å²) >= 11 is 0. The van der Waals surface area contributed by atoms with E-state index in [-0.39, 0.29) is 22.9 Å². The monoisotopic (exact) mass is 495 g/mol. The van der Waals surface area contributed by atoms with Crippen molar-refractivity contribution in [3.05, 3.63) is 107 Å². The average molecular weight is 496 g/mol. The van der Waals surface area contributed by atoms with Crippen LogP contribution < -0.4 is 0 Å². The number of rotatable bonds is 7. The summed E-state index contributed by atoms with van der Waals surface area (Å²) in [5, 5.41) is 0. The molecule has 1 aromatic heterocycles. The largest absolute Gasteiger partial charge is 0.462 e. The maximum atomic E-state index is 13.8. The molecule has 4 aromatic rings. The van der Waals surface area contributed by atoms with Gasteiger partial charge in [-0.05, 0) is 72.6 Å². The minimum absolute atomic E-state index is 0.0356. The fraction of sp³-hybridized carbons (Fsp3) is 0.148. The summed E-state index contributed by atoms with van der Waals surface area (Å²) in [6.07, 6.45) is 1.52. The smallest absolute Gasteiger partial charge is 0.341 e. The van der Waals surface area contributed by atoms with Gasteiger partial charge in [-0.3, -0.25) is 0 Å². The van der Waals surface area contributed by atoms with Crippen LogP contribution in [0, 0.1) is 18.6 Å². The Kier molecular flexibility index (Phi) is 6.84. The van der Waals surface area contributed by atoms with Gasteiger partial charge in [0, 0.05) is 24.1 Å². The number of aromatic nitrogens is 1. The number of ether oxygens (including phenoxy) is 1. The highest BCUT2D eigenvalue weighted by molar-refractivity contribution is 7.90. The minimum atomic E-state index is -3.34. The molecule has 35 heavy (non-hydrogen) atoms. The van der Waals surface area contributed by atoms with Gasteiger partial charge in [-0.25, -0.2) is 22.0 Å². The first kappa shape index (κ1) is 24.3. The molecule has 0 saturated carbocycles. The lowest BCUT2D eigenvalue weighted by Gasteiger charge is -2.13. The Hall–Kier alpha value is -3.78. The molecule has 0 atom stereocenters. The summed E-state index contributed by atoms with van der Waals surface area (Å²) in [6.45, 7) is 1.93. The van der Waals surface area contributed by atoms with Gasteiger partial charge in [0.1, 0.15) is 11.6 Å². The molecule has 180 valence electrons. The van der Waals surface area contributed by atoms with Crippen molar-refractivity contribution in [2.75, 3.05) is 12.9 Å². The van der Waals surface area contributed by atoms with Crippen LogP contribution in [0.15, 0.2) is 83.8 Å². The summed E-state index contributed by atoms with van der Waals surface area (Å²) in [7, 11) is -3.34. The standard InChI is InChI=1S/C27H23F2NO4S/c1-18-20(15-16-34-27(31)24-5-3-4-6-25(24)29)17-26(30(18)22-11-9-21(28)10-12-22)19-7-13-23(14-8-19)35(2,32)33/h3-14,17H,15-16H2,1-2H3. The van der Waals surface area contributed by atoms with E-state index >= 15 is 0 Å². The van der Waals surface area contributed by atoms with Crippen LogP contribution in [0.2, 0.25) is 0 Å². The molecule has 0 aliphatic carbocycles. The molecule has 3 aromatic carbocycles. The molecular formula is C27H23F2NO4S. The normalized spacial score (nSPS) is 11.4. The molecule has 0 bridgehead atoms. The number of benzene rings is 3. The molecule has 0 spiro atoms. The van der Waals surface area contributed by atoms with Crippen LogP contribution in [-0.2, 0) is 21.0 Å². The van der Waals surface area contributed by atoms with E-state index in [0.29, 0.717) is 6.42 Å². The molecule has 0 aliphatic heterocycles. The third-order valence-electron chi connectivity index (χ3n) is 5.71. The SMILES string of the molecule is Cc1c(CCOC(=O)c2ccccc2F)cc(-c2ccc(S(C)(=O)=O)cc2)n1-c1ccc(F)cc1. The fourth-order valence-corrected chi connectivity index (χ4v) is 4.51. The molecule has 0 unspecified atom stereocenters. The van der Waals surface area contributed by atoms with E-state index in [1.807, 2.05) is 17.6 Å². The molecule has 0 N–H and O–H groups in total. The highest BCUT2D eigenvalue weighted by atomic mass is 32.2. The van der Waals surface area contributed by atoms with Crippen molar-refractivity contribution in [2.45, 2.75) is 18.2 Å². The summed E-state index contributed by atoms with van der Waals surface area (Å²) in [4.78, 5) is 12.5. The number of hydrogen-bond donors (Lipinski definition) is 0. The Balaban J connectivity index is 1.65. The second-order valence-electron chi connectivity index (χ2n) is 8.11. The van der Waals surface area contributed by atoms with Gasteiger partial charge in [0.15, 0.2) is 9.84 Å². The zero-order valence-corrected chi connectivity index (χ0v) is 20.0. The molecule has 4 rings (SSSR count). The number of carbonyl (C=O) groups excluding carboxylic acids is 1. The molecule has 0 amide bonds. The highest BCUT2D eigenvalue weighted by Crippen LogP contribution is 2.31. The van der Waals surface area contributed by atoms with E-state index in [0.717, 1.165) is 34.5 Å². The molecule has 1 heterocycles. The van der Waals surface area contributed by atoms with Gasteiger partial charge in [0.25, 0.3) is 0 Å². The first-order valence-corrected chi connectivity index (χ1v) is 12.7. The van der Waals surface area contributed by atoms with Gasteiger partial charge >= 0.3 is 5.97 Å². The number of carbonyl (C=O) groups is 1. The van der Waals surface area contributed by atoms with Crippen LogP contribution >= 0.6 is 0 Å². The summed E-state index contributed by atoms with van der Waals surface area (Å²) in [5.41, 5.74) is 3.85. The third-order valence-corrected chi connectivity index (χ3v) is 6.84. The second-order valence-corrected chi connectivity index (χ2v) is 10.1. The second kappa shape index (κ2) is 9.84. The maximum absolute atomic E-state index is 13.8. The average Bonchev–Trinajstić information content (AvgIpc) is 3.15. The van der Waals surface area contributed by atoms with Gasteiger partial charge in [0.2, 0.25) is 0 Å². The first-order valence-electron chi connectivity index (χ1n) is 10.8. The number of esters is 1. The van der Waals surface area contributed by atoms with Crippen molar-refractivity contribution < 1.29 is 26.7 Å². The quantitative estimate of drug-likeness (QED) is 0.316. The number of nitrogens with zero attached hydrogens (tertiary/aromatic N) is 1. The molecule has 0 radical (unpaired) electrons. The maximum Gasteiger partial charge on any atom is 0.341 e. The van der Waals surface area contributed by atoms with Gasteiger partial charge in [-0.1, -0.05) is 24.3 Å². The molecular weight excluding hydrogens is 472 g/mol. The lowest BCUT2D eigenvalue weighted by molar-refractivity contribution is 0.0504. The Morgan fingerprint density at radius 1 is 0.943 bits per heavy atom. The molecule has 0 aliphatic rings. The summed E-state index contributed by atoms with van der Waals surface area (Å²) in [5.74, 6) is -1.75. The van der Waals surface area contributed by atoms with Crippen LogP contribution in [0.4, 0.5) is 8.78 Å². The lowest BCUT2D eigenvalue weighted by atomic mass is 10.1.